The molecule has 0 fully saturated rings. The van der Waals surface area contributed by atoms with Crippen LogP contribution < -0.4 is 15.5 Å². The van der Waals surface area contributed by atoms with Crippen LogP contribution in [0.1, 0.15) is 5.56 Å². The van der Waals surface area contributed by atoms with Crippen molar-refractivity contribution >= 4 is 34.9 Å². The Labute approximate surface area is 158 Å². The van der Waals surface area contributed by atoms with Gasteiger partial charge in [-0.3, -0.25) is 4.79 Å². The van der Waals surface area contributed by atoms with Crippen molar-refractivity contribution in [1.29, 1.82) is 0 Å². The third-order valence-electron chi connectivity index (χ3n) is 3.81. The fraction of sp³-hybridized carbons (Fsp3) is 0.0952. The van der Waals surface area contributed by atoms with E-state index in [-0.39, 0.29) is 5.91 Å². The molecule has 2 N–H and O–H groups in total. The van der Waals surface area contributed by atoms with Crippen LogP contribution in [0, 0.1) is 0 Å². The molecule has 136 valence electrons. The van der Waals surface area contributed by atoms with E-state index in [0.717, 1.165) is 22.6 Å². The quantitative estimate of drug-likeness (QED) is 0.653. The van der Waals surface area contributed by atoms with Gasteiger partial charge in [-0.15, -0.1) is 5.10 Å². The van der Waals surface area contributed by atoms with Gasteiger partial charge in [-0.2, -0.15) is 5.10 Å². The third-order valence-corrected chi connectivity index (χ3v) is 3.81. The van der Waals surface area contributed by atoms with Crippen molar-refractivity contribution in [1.82, 2.24) is 10.2 Å². The second-order valence-electron chi connectivity index (χ2n) is 6.13. The van der Waals surface area contributed by atoms with Gasteiger partial charge in [-0.25, -0.2) is 0 Å². The van der Waals surface area contributed by atoms with Crippen molar-refractivity contribution in [2.45, 2.75) is 0 Å². The second-order valence-corrected chi connectivity index (χ2v) is 6.13. The minimum Gasteiger partial charge on any atom is -0.376 e. The number of benzene rings is 2. The van der Waals surface area contributed by atoms with E-state index in [0.29, 0.717) is 5.82 Å². The molecule has 1 amide bonds. The van der Waals surface area contributed by atoms with Gasteiger partial charge in [0.2, 0.25) is 5.91 Å². The Bertz CT molecular complexity index is 921. The molecule has 27 heavy (non-hydrogen) atoms. The molecule has 6 heteroatoms. The molecule has 3 rings (SSSR count). The van der Waals surface area contributed by atoms with Gasteiger partial charge in [0.05, 0.1) is 11.9 Å². The van der Waals surface area contributed by atoms with Gasteiger partial charge in [0.25, 0.3) is 0 Å². The molecule has 2 aromatic carbocycles. The first kappa shape index (κ1) is 18.1. The summed E-state index contributed by atoms with van der Waals surface area (Å²) in [5.74, 6) is 0.480. The van der Waals surface area contributed by atoms with E-state index in [1.165, 1.54) is 6.08 Å². The molecule has 0 aliphatic rings. The number of nitrogens with one attached hydrogen (secondary N) is 2. The molecule has 0 saturated heterocycles. The zero-order valence-corrected chi connectivity index (χ0v) is 15.3. The van der Waals surface area contributed by atoms with Gasteiger partial charge >= 0.3 is 0 Å². The highest BCUT2D eigenvalue weighted by atomic mass is 16.1. The summed E-state index contributed by atoms with van der Waals surface area (Å²) in [6.45, 7) is 0. The highest BCUT2D eigenvalue weighted by Gasteiger charge is 2.02. The highest BCUT2D eigenvalue weighted by molar-refractivity contribution is 6.02. The monoisotopic (exact) mass is 359 g/mol. The number of amides is 1. The fourth-order valence-corrected chi connectivity index (χ4v) is 2.37. The Balaban J connectivity index is 1.59. The highest BCUT2D eigenvalue weighted by Crippen LogP contribution is 2.20. The van der Waals surface area contributed by atoms with Gasteiger partial charge in [-0.05, 0) is 35.9 Å². The molecule has 0 saturated carbocycles. The number of hydrogen-bond acceptors (Lipinski definition) is 5. The predicted molar refractivity (Wildman–Crippen MR) is 110 cm³/mol. The Morgan fingerprint density at radius 3 is 2.41 bits per heavy atom. The predicted octanol–water partition coefficient (Wildman–Crippen LogP) is 3.94. The maximum Gasteiger partial charge on any atom is 0.248 e. The van der Waals surface area contributed by atoms with Crippen LogP contribution in [0.2, 0.25) is 0 Å². The van der Waals surface area contributed by atoms with Crippen molar-refractivity contribution in [3.05, 3.63) is 78.5 Å². The minimum atomic E-state index is -0.177. The third kappa shape index (κ3) is 5.40. The molecule has 0 unspecified atom stereocenters. The topological polar surface area (TPSA) is 70.2 Å². The Morgan fingerprint density at radius 2 is 1.70 bits per heavy atom. The molecular formula is C21H21N5O. The number of aromatic nitrogens is 2. The molecule has 0 radical (unpaired) electrons. The standard InChI is InChI=1S/C21H21N5O/c1-26(2)19-14-20(25-22-15-19)23-17-9-11-18(12-10-17)24-21(27)13-8-16-6-4-3-5-7-16/h3-15H,1-2H3,(H,23,25)(H,24,27)/b13-8+. The van der Waals surface area contributed by atoms with E-state index in [9.17, 15) is 4.79 Å². The van der Waals surface area contributed by atoms with Crippen LogP contribution in [0.15, 0.2) is 72.9 Å². The Kier molecular flexibility index (Phi) is 5.79. The van der Waals surface area contributed by atoms with Crippen LogP contribution in [0.4, 0.5) is 22.9 Å². The van der Waals surface area contributed by atoms with Gasteiger partial charge in [0.1, 0.15) is 0 Å². The number of nitrogens with zero attached hydrogens (tertiary/aromatic N) is 3. The number of anilines is 4. The zero-order chi connectivity index (χ0) is 19.1. The van der Waals surface area contributed by atoms with Crippen LogP contribution in [-0.4, -0.2) is 30.2 Å². The van der Waals surface area contributed by atoms with Gasteiger partial charge in [-0.1, -0.05) is 30.3 Å². The summed E-state index contributed by atoms with van der Waals surface area (Å²) in [5, 5.41) is 14.1. The van der Waals surface area contributed by atoms with Gasteiger partial charge in [0.15, 0.2) is 5.82 Å². The normalized spacial score (nSPS) is 10.6. The molecular weight excluding hydrogens is 338 g/mol. The molecule has 3 aromatic rings. The number of hydrogen-bond donors (Lipinski definition) is 2. The van der Waals surface area contributed by atoms with Crippen molar-refractivity contribution in [3.8, 4) is 0 Å². The Hall–Kier alpha value is -3.67. The SMILES string of the molecule is CN(C)c1cnnc(Nc2ccc(NC(=O)/C=C/c3ccccc3)cc2)c1. The average Bonchev–Trinajstić information content (AvgIpc) is 2.69. The summed E-state index contributed by atoms with van der Waals surface area (Å²) in [6, 6.07) is 19.0. The fourth-order valence-electron chi connectivity index (χ4n) is 2.37. The number of carbonyl (C=O) groups excluding carboxylic acids is 1. The summed E-state index contributed by atoms with van der Waals surface area (Å²) < 4.78 is 0. The maximum atomic E-state index is 12.0. The van der Waals surface area contributed by atoms with Crippen LogP contribution in [-0.2, 0) is 4.79 Å². The van der Waals surface area contributed by atoms with E-state index < -0.39 is 0 Å². The van der Waals surface area contributed by atoms with E-state index in [1.54, 1.807) is 12.3 Å². The van der Waals surface area contributed by atoms with Crippen molar-refractivity contribution in [2.24, 2.45) is 0 Å². The van der Waals surface area contributed by atoms with E-state index in [2.05, 4.69) is 20.8 Å². The van der Waals surface area contributed by atoms with E-state index in [4.69, 9.17) is 0 Å². The average molecular weight is 359 g/mol. The lowest BCUT2D eigenvalue weighted by Crippen LogP contribution is -2.10. The summed E-state index contributed by atoms with van der Waals surface area (Å²) in [6.07, 6.45) is 5.00. The van der Waals surface area contributed by atoms with Gasteiger partial charge in [0, 0.05) is 37.6 Å². The molecule has 0 atom stereocenters. The Morgan fingerprint density at radius 1 is 1.00 bits per heavy atom. The summed E-state index contributed by atoms with van der Waals surface area (Å²) in [4.78, 5) is 14.0. The zero-order valence-electron chi connectivity index (χ0n) is 15.3. The first-order valence-electron chi connectivity index (χ1n) is 8.51. The molecule has 0 aliphatic carbocycles. The van der Waals surface area contributed by atoms with Crippen LogP contribution in [0.3, 0.4) is 0 Å². The number of carbonyl (C=O) groups is 1. The molecule has 0 bridgehead atoms. The molecule has 1 aromatic heterocycles. The minimum absolute atomic E-state index is 0.177. The smallest absolute Gasteiger partial charge is 0.248 e. The molecule has 0 aliphatic heterocycles. The lowest BCUT2D eigenvalue weighted by atomic mass is 10.2. The maximum absolute atomic E-state index is 12.0. The largest absolute Gasteiger partial charge is 0.376 e. The van der Waals surface area contributed by atoms with Crippen molar-refractivity contribution < 1.29 is 4.79 Å². The summed E-state index contributed by atoms with van der Waals surface area (Å²) >= 11 is 0. The van der Waals surface area contributed by atoms with Gasteiger partial charge < -0.3 is 15.5 Å². The summed E-state index contributed by atoms with van der Waals surface area (Å²) in [7, 11) is 3.90. The molecule has 6 nitrogen and oxygen atoms in total. The van der Waals surface area contributed by atoms with E-state index in [1.807, 2.05) is 79.7 Å². The van der Waals surface area contributed by atoms with Crippen molar-refractivity contribution in [3.63, 3.8) is 0 Å². The first-order valence-corrected chi connectivity index (χ1v) is 8.51. The summed E-state index contributed by atoms with van der Waals surface area (Å²) in [5.41, 5.74) is 3.52. The second kappa shape index (κ2) is 8.62. The van der Waals surface area contributed by atoms with Crippen LogP contribution in [0.25, 0.3) is 6.08 Å². The molecule has 1 heterocycles. The van der Waals surface area contributed by atoms with Crippen LogP contribution >= 0.6 is 0 Å². The number of rotatable bonds is 6. The lowest BCUT2D eigenvalue weighted by molar-refractivity contribution is -0.111. The molecule has 0 spiro atoms. The van der Waals surface area contributed by atoms with E-state index >= 15 is 0 Å². The lowest BCUT2D eigenvalue weighted by Gasteiger charge is -2.13. The first-order chi connectivity index (χ1) is 13.1. The van der Waals surface area contributed by atoms with Crippen molar-refractivity contribution in [2.75, 3.05) is 29.6 Å². The van der Waals surface area contributed by atoms with Crippen LogP contribution in [0.5, 0.6) is 0 Å².